The highest BCUT2D eigenvalue weighted by Crippen LogP contribution is 2.26. The van der Waals surface area contributed by atoms with Crippen LogP contribution < -0.4 is 10.1 Å². The van der Waals surface area contributed by atoms with E-state index in [-0.39, 0.29) is 12.4 Å². The van der Waals surface area contributed by atoms with E-state index in [1.807, 2.05) is 6.07 Å². The lowest BCUT2D eigenvalue weighted by Gasteiger charge is -2.31. The first-order valence-electron chi connectivity index (χ1n) is 5.97. The topological polar surface area (TPSA) is 24.5 Å². The zero-order chi connectivity index (χ0) is 12.3. The molecule has 0 amide bonds. The first-order valence-corrected chi connectivity index (χ1v) is 6.76. The fourth-order valence-corrected chi connectivity index (χ4v) is 2.81. The van der Waals surface area contributed by atoms with E-state index in [4.69, 9.17) is 4.74 Å². The van der Waals surface area contributed by atoms with Crippen LogP contribution in [-0.2, 0) is 6.54 Å². The summed E-state index contributed by atoms with van der Waals surface area (Å²) in [7, 11) is 1.69. The van der Waals surface area contributed by atoms with Crippen molar-refractivity contribution < 1.29 is 4.74 Å². The van der Waals surface area contributed by atoms with Gasteiger partial charge in [-0.15, -0.1) is 12.4 Å². The normalized spacial score (nSPS) is 20.3. The van der Waals surface area contributed by atoms with Crippen LogP contribution in [0.5, 0.6) is 5.75 Å². The van der Waals surface area contributed by atoms with Crippen LogP contribution in [0.25, 0.3) is 0 Å². The first-order chi connectivity index (χ1) is 8.19. The fraction of sp³-hybridized carbons (Fsp3) is 0.538. The van der Waals surface area contributed by atoms with Crippen molar-refractivity contribution in [2.75, 3.05) is 26.7 Å². The van der Waals surface area contributed by atoms with Gasteiger partial charge in [0.15, 0.2) is 0 Å². The van der Waals surface area contributed by atoms with Gasteiger partial charge < -0.3 is 10.1 Å². The summed E-state index contributed by atoms with van der Waals surface area (Å²) in [5, 5.41) is 3.46. The molecule has 1 aliphatic heterocycles. The molecule has 2 rings (SSSR count). The van der Waals surface area contributed by atoms with Crippen molar-refractivity contribution in [3.63, 3.8) is 0 Å². The van der Waals surface area contributed by atoms with Gasteiger partial charge in [-0.25, -0.2) is 0 Å². The average Bonchev–Trinajstić information content (AvgIpc) is 2.29. The van der Waals surface area contributed by atoms with Gasteiger partial charge in [0, 0.05) is 32.2 Å². The molecule has 0 aliphatic carbocycles. The molecule has 1 heterocycles. The second-order valence-corrected chi connectivity index (χ2v) is 5.41. The predicted octanol–water partition coefficient (Wildman–Crippen LogP) is 2.67. The molecule has 1 N–H and O–H groups in total. The number of nitrogens with one attached hydrogen (secondary N) is 1. The Morgan fingerprint density at radius 3 is 2.89 bits per heavy atom. The zero-order valence-electron chi connectivity index (χ0n) is 10.8. The van der Waals surface area contributed by atoms with E-state index >= 15 is 0 Å². The number of ether oxygens (including phenoxy) is 1. The lowest BCUT2D eigenvalue weighted by molar-refractivity contribution is 0.199. The molecule has 0 spiro atoms. The first kappa shape index (κ1) is 15.8. The highest BCUT2D eigenvalue weighted by atomic mass is 79.9. The number of methoxy groups -OCH3 is 1. The molecule has 1 aliphatic rings. The van der Waals surface area contributed by atoms with Crippen molar-refractivity contribution in [2.45, 2.75) is 19.5 Å². The maximum Gasteiger partial charge on any atom is 0.133 e. The minimum Gasteiger partial charge on any atom is -0.496 e. The molecule has 1 aromatic carbocycles. The van der Waals surface area contributed by atoms with E-state index in [2.05, 4.69) is 45.2 Å². The predicted molar refractivity (Wildman–Crippen MR) is 80.7 cm³/mol. The van der Waals surface area contributed by atoms with E-state index in [1.54, 1.807) is 7.11 Å². The van der Waals surface area contributed by atoms with E-state index in [0.717, 1.165) is 36.4 Å². The van der Waals surface area contributed by atoms with E-state index in [9.17, 15) is 0 Å². The van der Waals surface area contributed by atoms with E-state index in [1.165, 1.54) is 5.56 Å². The summed E-state index contributed by atoms with van der Waals surface area (Å²) in [6, 6.07) is 6.89. The molecule has 0 bridgehead atoms. The van der Waals surface area contributed by atoms with Crippen LogP contribution >= 0.6 is 28.3 Å². The van der Waals surface area contributed by atoms with Crippen LogP contribution in [0.4, 0.5) is 0 Å². The highest BCUT2D eigenvalue weighted by molar-refractivity contribution is 9.10. The number of hydrogen-bond acceptors (Lipinski definition) is 3. The summed E-state index contributed by atoms with van der Waals surface area (Å²) in [6.07, 6.45) is 0. The van der Waals surface area contributed by atoms with Gasteiger partial charge >= 0.3 is 0 Å². The summed E-state index contributed by atoms with van der Waals surface area (Å²) in [5.74, 6) is 0.891. The Bertz CT molecular complexity index is 389. The molecule has 0 aromatic heterocycles. The lowest BCUT2D eigenvalue weighted by Crippen LogP contribution is -2.48. The second kappa shape index (κ2) is 7.34. The molecular formula is C13H20BrClN2O. The molecule has 1 atom stereocenters. The molecule has 102 valence electrons. The Kier molecular flexibility index (Phi) is 6.43. The van der Waals surface area contributed by atoms with Crippen LogP contribution in [-0.4, -0.2) is 37.7 Å². The van der Waals surface area contributed by atoms with Crippen LogP contribution in [0.3, 0.4) is 0 Å². The van der Waals surface area contributed by atoms with Gasteiger partial charge in [0.25, 0.3) is 0 Å². The average molecular weight is 336 g/mol. The van der Waals surface area contributed by atoms with Gasteiger partial charge in [-0.05, 0) is 40.5 Å². The van der Waals surface area contributed by atoms with Crippen LogP contribution in [0.2, 0.25) is 0 Å². The van der Waals surface area contributed by atoms with Gasteiger partial charge in [0.05, 0.1) is 11.6 Å². The Morgan fingerprint density at radius 1 is 1.50 bits per heavy atom. The van der Waals surface area contributed by atoms with Crippen LogP contribution in [0, 0.1) is 0 Å². The lowest BCUT2D eigenvalue weighted by atomic mass is 10.1. The van der Waals surface area contributed by atoms with Crippen molar-refractivity contribution in [2.24, 2.45) is 0 Å². The monoisotopic (exact) mass is 334 g/mol. The maximum atomic E-state index is 5.24. The third-order valence-electron chi connectivity index (χ3n) is 3.08. The smallest absolute Gasteiger partial charge is 0.133 e. The number of rotatable bonds is 3. The Balaban J connectivity index is 0.00000162. The molecule has 3 nitrogen and oxygen atoms in total. The molecule has 5 heteroatoms. The third-order valence-corrected chi connectivity index (χ3v) is 3.69. The largest absolute Gasteiger partial charge is 0.496 e. The van der Waals surface area contributed by atoms with Gasteiger partial charge in [-0.1, -0.05) is 6.07 Å². The maximum absolute atomic E-state index is 5.24. The van der Waals surface area contributed by atoms with Crippen molar-refractivity contribution in [3.05, 3.63) is 28.2 Å². The standard InChI is InChI=1S/C13H19BrN2O.ClH/c1-10-8-16(6-5-15-10)9-11-3-4-13(17-2)12(14)7-11;/h3-4,7,10,15H,5-6,8-9H2,1-2H3;1H/t10-;/m0./s1. The summed E-state index contributed by atoms with van der Waals surface area (Å²) in [4.78, 5) is 2.48. The molecule has 0 saturated carbocycles. The fourth-order valence-electron chi connectivity index (χ4n) is 2.22. The van der Waals surface area contributed by atoms with E-state index < -0.39 is 0 Å². The molecular weight excluding hydrogens is 316 g/mol. The summed E-state index contributed by atoms with van der Waals surface area (Å²) in [6.45, 7) is 6.56. The zero-order valence-corrected chi connectivity index (χ0v) is 13.2. The molecule has 1 saturated heterocycles. The Labute approximate surface area is 123 Å². The number of piperazine rings is 1. The Hall–Kier alpha value is -0.290. The van der Waals surface area contributed by atoms with Crippen molar-refractivity contribution >= 4 is 28.3 Å². The van der Waals surface area contributed by atoms with Gasteiger partial charge in [0.1, 0.15) is 5.75 Å². The van der Waals surface area contributed by atoms with Crippen molar-refractivity contribution in [1.82, 2.24) is 10.2 Å². The summed E-state index contributed by atoms with van der Waals surface area (Å²) in [5.41, 5.74) is 1.33. The van der Waals surface area contributed by atoms with Crippen LogP contribution in [0.15, 0.2) is 22.7 Å². The highest BCUT2D eigenvalue weighted by Gasteiger charge is 2.15. The number of nitrogens with zero attached hydrogens (tertiary/aromatic N) is 1. The molecule has 0 radical (unpaired) electrons. The van der Waals surface area contributed by atoms with Gasteiger partial charge in [-0.3, -0.25) is 4.90 Å². The quantitative estimate of drug-likeness (QED) is 0.919. The molecule has 0 unspecified atom stereocenters. The number of halogens is 2. The summed E-state index contributed by atoms with van der Waals surface area (Å²) >= 11 is 3.53. The SMILES string of the molecule is COc1ccc(CN2CCN[C@@H](C)C2)cc1Br.Cl. The minimum absolute atomic E-state index is 0. The van der Waals surface area contributed by atoms with Crippen LogP contribution in [0.1, 0.15) is 12.5 Å². The second-order valence-electron chi connectivity index (χ2n) is 4.56. The van der Waals surface area contributed by atoms with Crippen molar-refractivity contribution in [3.8, 4) is 5.75 Å². The number of benzene rings is 1. The molecule has 1 fully saturated rings. The minimum atomic E-state index is 0. The number of hydrogen-bond donors (Lipinski definition) is 1. The van der Waals surface area contributed by atoms with E-state index in [0.29, 0.717) is 6.04 Å². The Morgan fingerprint density at radius 2 is 2.28 bits per heavy atom. The van der Waals surface area contributed by atoms with Gasteiger partial charge in [0.2, 0.25) is 0 Å². The van der Waals surface area contributed by atoms with Crippen molar-refractivity contribution in [1.29, 1.82) is 0 Å². The van der Waals surface area contributed by atoms with Gasteiger partial charge in [-0.2, -0.15) is 0 Å². The third kappa shape index (κ3) is 4.12. The molecule has 18 heavy (non-hydrogen) atoms. The molecule has 1 aromatic rings. The summed E-state index contributed by atoms with van der Waals surface area (Å²) < 4.78 is 6.26.